The van der Waals surface area contributed by atoms with Crippen LogP contribution in [-0.2, 0) is 54.1 Å². The van der Waals surface area contributed by atoms with E-state index < -0.39 is 58.8 Å². The molecule has 0 saturated heterocycles. The molecule has 0 fully saturated rings. The number of carboxylic acids is 2. The van der Waals surface area contributed by atoms with Gasteiger partial charge in [0.25, 0.3) is 26.0 Å². The number of allylic oxidation sites excluding steroid dienone is 8. The van der Waals surface area contributed by atoms with Crippen molar-refractivity contribution in [1.82, 2.24) is 52.2 Å². The SMILES string of the molecule is Cc1ccc(S(=O)(=O)NC2=CCC(=C(NCCCN(O)O)C3=CCOCCNN3)C=C2)c(C(=O)O)c1NOCc1ccc[n+](CCSCC[n+]2cccc(C(=O)Nc3c(C)ccc(S(=O)(=O)NC4=CCC(=C(NCCCN(O)O)C5=CCOCCNN5)C=C4)c3C(=O)O)c2)c1. The first-order chi connectivity index (χ1) is 45.7. The molecule has 0 spiro atoms. The van der Waals surface area contributed by atoms with Crippen LogP contribution < -0.4 is 61.7 Å². The Hall–Kier alpha value is -8.52. The number of sulfonamides is 2. The maximum Gasteiger partial charge on any atom is 0.339 e. The number of anilines is 2. The van der Waals surface area contributed by atoms with E-state index in [0.717, 1.165) is 16.7 Å². The number of pyridine rings is 2. The molecule has 1 amide bonds. The Labute approximate surface area is 553 Å². The van der Waals surface area contributed by atoms with Gasteiger partial charge in [0.2, 0.25) is 0 Å². The number of amides is 1. The van der Waals surface area contributed by atoms with Gasteiger partial charge in [-0.15, -0.1) is 11.8 Å². The monoisotopic (exact) mass is 1370 g/mol. The highest BCUT2D eigenvalue weighted by Gasteiger charge is 2.31. The first-order valence-corrected chi connectivity index (χ1v) is 34.4. The maximum atomic E-state index is 14.0. The molecule has 0 atom stereocenters. The van der Waals surface area contributed by atoms with Crippen LogP contribution in [0.4, 0.5) is 11.4 Å². The van der Waals surface area contributed by atoms with Crippen LogP contribution in [0.3, 0.4) is 0 Å². The molecule has 4 heterocycles. The second-order valence-corrected chi connectivity index (χ2v) is 26.3. The van der Waals surface area contributed by atoms with Crippen molar-refractivity contribution in [1.29, 1.82) is 0 Å². The summed E-state index contributed by atoms with van der Waals surface area (Å²) in [6.07, 6.45) is 22.0. The summed E-state index contributed by atoms with van der Waals surface area (Å²) in [5.41, 5.74) is 20.1. The third-order valence-corrected chi connectivity index (χ3v) is 18.6. The zero-order valence-corrected chi connectivity index (χ0v) is 54.7. The molecule has 16 N–H and O–H groups in total. The molecule has 33 heteroatoms. The molecule has 0 bridgehead atoms. The standard InChI is InChI=1S/C62H78N14O16S3/c1-42-9-19-52(94(86,87)71-48-15-11-45(12-16-48)58(63-23-5-29-75(82)83)50-21-33-90-35-25-65-68-50)54(61(78)79)56(42)67-60(77)47-8-4-28-74(40-47)32-38-93-37-31-73-27-3-7-44(39-73)41-92-70-57-43(2)10-20-53(55(57)62(80)81)95(88,89)72-49-17-13-46(14-18-49)59(64-24-6-30-76(84)85)51-22-34-91-36-26-66-69-51/h3-4,7-11,13,15-22,27-28,39-40,63-66,68-72,82-85H,5-6,12,14,23-26,29-38,41H2,1-2H3,(H-2,67,77,78,79,80,81)/p+2. The van der Waals surface area contributed by atoms with Crippen LogP contribution in [0, 0.1) is 13.8 Å². The molecule has 95 heavy (non-hydrogen) atoms. The number of benzene rings is 2. The highest BCUT2D eigenvalue weighted by molar-refractivity contribution is 7.99. The summed E-state index contributed by atoms with van der Waals surface area (Å²) < 4.78 is 76.0. The van der Waals surface area contributed by atoms with Gasteiger partial charge in [0.1, 0.15) is 33.1 Å². The summed E-state index contributed by atoms with van der Waals surface area (Å²) in [5, 5.41) is 67.2. The average molecular weight is 1370 g/mol. The predicted octanol–water partition coefficient (Wildman–Crippen LogP) is 3.39. The van der Waals surface area contributed by atoms with Crippen LogP contribution in [0.15, 0.2) is 177 Å². The molecule has 0 radical (unpaired) electrons. The number of nitrogens with one attached hydrogen (secondary N) is 10. The average Bonchev–Trinajstić information content (AvgIpc) is 0.784. The molecule has 2 aromatic heterocycles. The Morgan fingerprint density at radius 1 is 0.642 bits per heavy atom. The number of carboxylic acid groups (broad SMARTS) is 2. The predicted molar refractivity (Wildman–Crippen MR) is 347 cm³/mol. The van der Waals surface area contributed by atoms with Gasteiger partial charge in [-0.05, 0) is 110 Å². The number of ether oxygens (including phenoxy) is 2. The molecule has 4 aliphatic rings. The van der Waals surface area contributed by atoms with Gasteiger partial charge >= 0.3 is 11.9 Å². The fraction of sp³-hybridized carbons (Fsp3) is 0.339. The zero-order chi connectivity index (χ0) is 67.9. The molecule has 510 valence electrons. The molecular weight excluding hydrogens is 1290 g/mol. The second-order valence-electron chi connectivity index (χ2n) is 21.8. The number of rotatable bonds is 32. The summed E-state index contributed by atoms with van der Waals surface area (Å²) in [6.45, 7) is 7.71. The van der Waals surface area contributed by atoms with E-state index in [4.69, 9.17) is 14.3 Å². The molecule has 2 aromatic carbocycles. The fourth-order valence-electron chi connectivity index (χ4n) is 10.1. The summed E-state index contributed by atoms with van der Waals surface area (Å²) in [5.74, 6) is -2.41. The summed E-state index contributed by atoms with van der Waals surface area (Å²) >= 11 is 1.65. The lowest BCUT2D eigenvalue weighted by atomic mass is 10.0. The van der Waals surface area contributed by atoms with Crippen molar-refractivity contribution in [3.05, 3.63) is 201 Å². The van der Waals surface area contributed by atoms with Crippen molar-refractivity contribution in [2.45, 2.75) is 69.0 Å². The van der Waals surface area contributed by atoms with Gasteiger partial charge in [-0.2, -0.15) is 0 Å². The third-order valence-electron chi connectivity index (χ3n) is 14.8. The van der Waals surface area contributed by atoms with Crippen LogP contribution >= 0.6 is 11.8 Å². The Morgan fingerprint density at radius 2 is 1.14 bits per heavy atom. The smallest absolute Gasteiger partial charge is 0.339 e. The molecule has 2 aliphatic carbocycles. The lowest BCUT2D eigenvalue weighted by molar-refractivity contribution is -0.693. The first kappa shape index (κ1) is 72.3. The molecule has 2 aliphatic heterocycles. The normalized spacial score (nSPS) is 16.5. The topological polar surface area (TPSA) is 403 Å². The minimum absolute atomic E-state index is 0.000219. The number of thioether (sulfide) groups is 1. The van der Waals surface area contributed by atoms with Crippen molar-refractivity contribution >= 4 is 61.0 Å². The Morgan fingerprint density at radius 3 is 1.63 bits per heavy atom. The van der Waals surface area contributed by atoms with Crippen molar-refractivity contribution in [2.24, 2.45) is 0 Å². The lowest BCUT2D eigenvalue weighted by Crippen LogP contribution is -2.39. The number of hydroxylamine groups is 4. The van der Waals surface area contributed by atoms with E-state index in [2.05, 4.69) is 52.6 Å². The molecule has 0 saturated carbocycles. The summed E-state index contributed by atoms with van der Waals surface area (Å²) in [4.78, 5) is 44.4. The number of aryl methyl sites for hydroxylation is 4. The van der Waals surface area contributed by atoms with Crippen LogP contribution in [0.5, 0.6) is 0 Å². The van der Waals surface area contributed by atoms with Crippen molar-refractivity contribution in [3.63, 3.8) is 0 Å². The first-order valence-electron chi connectivity index (χ1n) is 30.3. The highest BCUT2D eigenvalue weighted by atomic mass is 32.2. The number of hydrazine groups is 2. The molecular formula is C62H80N14O16S3+2. The van der Waals surface area contributed by atoms with Crippen LogP contribution in [0.25, 0.3) is 0 Å². The van der Waals surface area contributed by atoms with Gasteiger partial charge < -0.3 is 46.5 Å². The third kappa shape index (κ3) is 21.2. The number of hydrogen-bond donors (Lipinski definition) is 16. The summed E-state index contributed by atoms with van der Waals surface area (Å²) in [7, 11) is -9.02. The largest absolute Gasteiger partial charge is 0.478 e. The second kappa shape index (κ2) is 35.3. The van der Waals surface area contributed by atoms with Gasteiger partial charge in [-0.25, -0.2) is 46.4 Å². The van der Waals surface area contributed by atoms with Crippen molar-refractivity contribution < 1.29 is 85.7 Å². The van der Waals surface area contributed by atoms with E-state index in [1.54, 1.807) is 80.5 Å². The van der Waals surface area contributed by atoms with Crippen LogP contribution in [-0.4, -0.2) is 153 Å². The Kier molecular flexibility index (Phi) is 26.9. The lowest BCUT2D eigenvalue weighted by Gasteiger charge is -2.23. The van der Waals surface area contributed by atoms with E-state index in [1.807, 2.05) is 45.8 Å². The Bertz CT molecular complexity index is 3930. The highest BCUT2D eigenvalue weighted by Crippen LogP contribution is 2.32. The number of aromatic nitrogens is 2. The zero-order valence-electron chi connectivity index (χ0n) is 52.3. The van der Waals surface area contributed by atoms with Gasteiger partial charge in [0, 0.05) is 55.3 Å². The molecule has 30 nitrogen and oxygen atoms in total. The van der Waals surface area contributed by atoms with Crippen LogP contribution in [0.1, 0.15) is 73.4 Å². The molecule has 4 aromatic rings. The van der Waals surface area contributed by atoms with Gasteiger partial charge in [0.15, 0.2) is 37.9 Å². The van der Waals surface area contributed by atoms with E-state index in [0.29, 0.717) is 124 Å². The number of aromatic carboxylic acids is 2. The fourth-order valence-corrected chi connectivity index (χ4v) is 13.5. The van der Waals surface area contributed by atoms with Gasteiger partial charge in [-0.3, -0.25) is 45.4 Å². The van der Waals surface area contributed by atoms with E-state index in [1.165, 1.54) is 30.3 Å². The number of nitrogens with zero attached hydrogens (tertiary/aromatic N) is 4. The number of carbonyl (C=O) groups excluding carboxylic acids is 1. The maximum absolute atomic E-state index is 14.0. The Balaban J connectivity index is 0.833. The molecule has 8 rings (SSSR count). The van der Waals surface area contributed by atoms with Gasteiger partial charge in [0.05, 0.1) is 85.2 Å². The number of carbonyl (C=O) groups is 3. The van der Waals surface area contributed by atoms with E-state index in [9.17, 15) is 62.3 Å². The minimum atomic E-state index is -4.55. The van der Waals surface area contributed by atoms with E-state index >= 15 is 0 Å². The summed E-state index contributed by atoms with van der Waals surface area (Å²) in [6, 6.07) is 12.2. The minimum Gasteiger partial charge on any atom is -0.478 e. The van der Waals surface area contributed by atoms with Gasteiger partial charge in [-0.1, -0.05) is 46.9 Å². The molecule has 0 unspecified atom stereocenters. The van der Waals surface area contributed by atoms with E-state index in [-0.39, 0.29) is 71.3 Å². The quantitative estimate of drug-likeness (QED) is 0.0189. The number of hydrogen-bond acceptors (Lipinski definition) is 24. The van der Waals surface area contributed by atoms with Crippen molar-refractivity contribution in [2.75, 3.05) is 88.0 Å². The van der Waals surface area contributed by atoms with Crippen LogP contribution in [0.2, 0.25) is 0 Å². The van der Waals surface area contributed by atoms with Crippen molar-refractivity contribution in [3.8, 4) is 0 Å².